The number of nitrogens with one attached hydrogen (secondary N) is 2. The molecule has 0 bridgehead atoms. The van der Waals surface area contributed by atoms with Crippen molar-refractivity contribution >= 4 is 34.8 Å². The Kier molecular flexibility index (Phi) is 5.02. The van der Waals surface area contributed by atoms with E-state index in [1.165, 1.54) is 29.2 Å². The smallest absolute Gasteiger partial charge is 0.242 e. The summed E-state index contributed by atoms with van der Waals surface area (Å²) < 4.78 is 15.8. The maximum absolute atomic E-state index is 14.3. The maximum atomic E-state index is 14.3. The minimum atomic E-state index is -1.36. The Labute approximate surface area is 212 Å². The molecule has 4 aromatic heterocycles. The first-order chi connectivity index (χ1) is 17.8. The van der Waals surface area contributed by atoms with Crippen molar-refractivity contribution in [1.29, 1.82) is 0 Å². The minimum Gasteiger partial charge on any atom is -0.383 e. The topological polar surface area (TPSA) is 157 Å². The van der Waals surface area contributed by atoms with E-state index in [1.54, 1.807) is 31.3 Å². The van der Waals surface area contributed by atoms with Crippen LogP contribution >= 0.6 is 11.6 Å². The molecule has 0 radical (unpaired) electrons. The number of aromatic amines is 1. The monoisotopic (exact) mass is 517 g/mol. The lowest BCUT2D eigenvalue weighted by Gasteiger charge is -2.22. The molecule has 0 spiro atoms. The number of anilines is 2. The molecule has 13 heteroatoms. The number of rotatable bonds is 4. The number of pyridine rings is 1. The van der Waals surface area contributed by atoms with Gasteiger partial charge in [0.05, 0.1) is 17.5 Å². The lowest BCUT2D eigenvalue weighted by Crippen LogP contribution is -2.34. The van der Waals surface area contributed by atoms with Gasteiger partial charge in [0, 0.05) is 24.4 Å². The molecule has 5 heterocycles. The summed E-state index contributed by atoms with van der Waals surface area (Å²) in [6.45, 7) is 1.61. The van der Waals surface area contributed by atoms with Crippen LogP contribution in [-0.2, 0) is 16.6 Å². The number of nitrogen functional groups attached to an aromatic ring is 1. The minimum absolute atomic E-state index is 0.00804. The normalized spacial score (nSPS) is 16.7. The zero-order valence-corrected chi connectivity index (χ0v) is 19.9. The number of H-pyrrole nitrogens is 1. The molecule has 0 aliphatic carbocycles. The fraction of sp³-hybridized carbons (Fsp3) is 0.125. The van der Waals surface area contributed by atoms with Gasteiger partial charge >= 0.3 is 0 Å². The highest BCUT2D eigenvalue weighted by Gasteiger charge is 2.48. The second kappa shape index (κ2) is 8.17. The number of carbonyl (C=O) groups excluding carboxylic acids is 1. The van der Waals surface area contributed by atoms with Gasteiger partial charge in [-0.15, -0.1) is 0 Å². The molecule has 0 saturated heterocycles. The second-order valence-electron chi connectivity index (χ2n) is 8.66. The zero-order valence-electron chi connectivity index (χ0n) is 19.2. The van der Waals surface area contributed by atoms with Crippen LogP contribution < -0.4 is 16.5 Å². The van der Waals surface area contributed by atoms with Gasteiger partial charge in [-0.05, 0) is 18.6 Å². The third kappa shape index (κ3) is 3.52. The summed E-state index contributed by atoms with van der Waals surface area (Å²) >= 11 is 5.86. The molecule has 1 amide bonds. The summed E-state index contributed by atoms with van der Waals surface area (Å²) in [6.07, 6.45) is 4.40. The summed E-state index contributed by atoms with van der Waals surface area (Å²) in [5, 5.41) is 6.91. The van der Waals surface area contributed by atoms with Crippen LogP contribution in [0.5, 0.6) is 0 Å². The molecule has 37 heavy (non-hydrogen) atoms. The zero-order chi connectivity index (χ0) is 25.9. The molecule has 1 aliphatic heterocycles. The van der Waals surface area contributed by atoms with Crippen molar-refractivity contribution in [3.8, 4) is 11.5 Å². The van der Waals surface area contributed by atoms with Crippen LogP contribution in [0, 0.1) is 5.82 Å². The summed E-state index contributed by atoms with van der Waals surface area (Å²) in [7, 11) is 0. The largest absolute Gasteiger partial charge is 0.383 e. The molecule has 0 saturated carbocycles. The lowest BCUT2D eigenvalue weighted by atomic mass is 9.81. The van der Waals surface area contributed by atoms with Crippen LogP contribution in [0.15, 0.2) is 53.8 Å². The number of hydrogen-bond donors (Lipinski definition) is 3. The molecule has 11 nitrogen and oxygen atoms in total. The summed E-state index contributed by atoms with van der Waals surface area (Å²) in [4.78, 5) is 46.0. The number of aromatic nitrogens is 7. The van der Waals surface area contributed by atoms with E-state index in [9.17, 15) is 14.0 Å². The van der Waals surface area contributed by atoms with Crippen LogP contribution in [0.2, 0.25) is 5.02 Å². The molecular formula is C24H17ClFN9O2. The molecule has 1 aliphatic rings. The first-order valence-corrected chi connectivity index (χ1v) is 11.4. The van der Waals surface area contributed by atoms with E-state index in [4.69, 9.17) is 17.3 Å². The Bertz CT molecular complexity index is 1800. The standard InChI is InChI=1S/C24H17ClFN9O2/c1-24(17-7-16(36)12(25)8-28-17)18-19(27)32-20(33-21(18)34-23(24)37)15-9-35-22(29-10-30-35)14(31-15)6-11-4-2-3-5-13(11)26/h2-5,7-10H,6H2,1H3,(H,28,36)(H3,27,32,33,34,37). The summed E-state index contributed by atoms with van der Waals surface area (Å²) in [5.74, 6) is -0.488. The number of fused-ring (bicyclic) bond motifs is 2. The van der Waals surface area contributed by atoms with Gasteiger partial charge in [0.2, 0.25) is 5.91 Å². The Balaban J connectivity index is 1.47. The van der Waals surface area contributed by atoms with Crippen molar-refractivity contribution in [3.05, 3.63) is 92.6 Å². The van der Waals surface area contributed by atoms with Crippen LogP contribution in [-0.4, -0.2) is 40.4 Å². The predicted molar refractivity (Wildman–Crippen MR) is 133 cm³/mol. The van der Waals surface area contributed by atoms with E-state index < -0.39 is 16.8 Å². The van der Waals surface area contributed by atoms with Crippen molar-refractivity contribution in [2.24, 2.45) is 0 Å². The van der Waals surface area contributed by atoms with Gasteiger partial charge in [0.25, 0.3) is 0 Å². The number of benzene rings is 1. The predicted octanol–water partition coefficient (Wildman–Crippen LogP) is 2.49. The number of halogens is 2. The molecule has 1 aromatic carbocycles. The van der Waals surface area contributed by atoms with Crippen molar-refractivity contribution in [2.75, 3.05) is 11.1 Å². The molecule has 1 atom stereocenters. The number of nitrogens with two attached hydrogens (primary N) is 1. The number of nitrogens with zero attached hydrogens (tertiary/aromatic N) is 6. The van der Waals surface area contributed by atoms with E-state index in [2.05, 4.69) is 35.3 Å². The van der Waals surface area contributed by atoms with E-state index in [0.717, 1.165) is 0 Å². The Morgan fingerprint density at radius 3 is 2.78 bits per heavy atom. The van der Waals surface area contributed by atoms with Gasteiger partial charge in [-0.25, -0.2) is 28.8 Å². The van der Waals surface area contributed by atoms with E-state index >= 15 is 0 Å². The Morgan fingerprint density at radius 1 is 1.19 bits per heavy atom. The highest BCUT2D eigenvalue weighted by molar-refractivity contribution is 6.30. The number of carbonyl (C=O) groups is 1. The molecule has 0 fully saturated rings. The van der Waals surface area contributed by atoms with Gasteiger partial charge in [-0.2, -0.15) is 5.10 Å². The number of hydrogen-bond acceptors (Lipinski definition) is 8. The molecule has 1 unspecified atom stereocenters. The van der Waals surface area contributed by atoms with Gasteiger partial charge in [0.15, 0.2) is 16.9 Å². The van der Waals surface area contributed by atoms with E-state index in [1.807, 2.05) is 0 Å². The maximum Gasteiger partial charge on any atom is 0.242 e. The van der Waals surface area contributed by atoms with Gasteiger partial charge < -0.3 is 16.0 Å². The van der Waals surface area contributed by atoms with Gasteiger partial charge in [-0.1, -0.05) is 29.8 Å². The fourth-order valence-corrected chi connectivity index (χ4v) is 4.57. The lowest BCUT2D eigenvalue weighted by molar-refractivity contribution is -0.119. The molecule has 4 N–H and O–H groups in total. The highest BCUT2D eigenvalue weighted by Crippen LogP contribution is 2.44. The van der Waals surface area contributed by atoms with Crippen LogP contribution in [0.25, 0.3) is 17.2 Å². The summed E-state index contributed by atoms with van der Waals surface area (Å²) in [6, 6.07) is 7.63. The van der Waals surface area contributed by atoms with Crippen molar-refractivity contribution in [2.45, 2.75) is 18.8 Å². The van der Waals surface area contributed by atoms with Crippen LogP contribution in [0.3, 0.4) is 0 Å². The van der Waals surface area contributed by atoms with Crippen molar-refractivity contribution in [1.82, 2.24) is 34.5 Å². The number of amides is 1. The molecule has 6 rings (SSSR count). The third-order valence-corrected chi connectivity index (χ3v) is 6.70. The first kappa shape index (κ1) is 22.7. The van der Waals surface area contributed by atoms with Crippen molar-refractivity contribution in [3.63, 3.8) is 0 Å². The highest BCUT2D eigenvalue weighted by atomic mass is 35.5. The first-order valence-electron chi connectivity index (χ1n) is 11.1. The van der Waals surface area contributed by atoms with Crippen molar-refractivity contribution < 1.29 is 9.18 Å². The average molecular weight is 518 g/mol. The molecule has 5 aromatic rings. The van der Waals surface area contributed by atoms with Gasteiger partial charge in [-0.3, -0.25) is 9.59 Å². The van der Waals surface area contributed by atoms with Crippen LogP contribution in [0.1, 0.15) is 29.4 Å². The Hall–Kier alpha value is -4.71. The molecular weight excluding hydrogens is 501 g/mol. The average Bonchev–Trinajstić information content (AvgIpc) is 3.45. The third-order valence-electron chi connectivity index (χ3n) is 6.40. The van der Waals surface area contributed by atoms with E-state index in [0.29, 0.717) is 28.2 Å². The molecule has 184 valence electrons. The second-order valence-corrected chi connectivity index (χ2v) is 9.07. The van der Waals surface area contributed by atoms with Gasteiger partial charge in [0.1, 0.15) is 39.9 Å². The quantitative estimate of drug-likeness (QED) is 0.328. The van der Waals surface area contributed by atoms with E-state index in [-0.39, 0.29) is 40.4 Å². The fourth-order valence-electron chi connectivity index (χ4n) is 4.46. The SMILES string of the molecule is CC1(c2cc(=O)c(Cl)c[nH]2)C(=O)Nc2nc(-c3cn4ncnc4c(Cc4ccccc4F)n3)nc(N)c21. The Morgan fingerprint density at radius 2 is 2.00 bits per heavy atom. The van der Waals surface area contributed by atoms with Crippen LogP contribution in [0.4, 0.5) is 16.0 Å². The summed E-state index contributed by atoms with van der Waals surface area (Å²) in [5.41, 5.74) is 6.79.